The van der Waals surface area contributed by atoms with Crippen LogP contribution in [-0.2, 0) is 20.0 Å². The molecule has 0 aliphatic heterocycles. The van der Waals surface area contributed by atoms with Gasteiger partial charge < -0.3 is 15.5 Å². The molecule has 1 unspecified atom stereocenters. The molecule has 0 amide bonds. The van der Waals surface area contributed by atoms with E-state index in [1.807, 2.05) is 0 Å². The smallest absolute Gasteiger partial charge is 0.263 e. The fourth-order valence-electron chi connectivity index (χ4n) is 2.06. The molecular formula is C15H19N3O6S2. The standard InChI is InChI=1S/C15H19N3O6S2/c16-25(21,22)13-7-5-11(6-8-13)18-26(23,24)15-4-2-1-3-14(15)17-9-12(20)10-19/h1-8,12,17-20H,9-10H2,(H2,16,21,22). The summed E-state index contributed by atoms with van der Waals surface area (Å²) in [4.78, 5) is -0.207. The number of benzene rings is 2. The van der Waals surface area contributed by atoms with Crippen LogP contribution in [0.3, 0.4) is 0 Å². The number of hydrogen-bond acceptors (Lipinski definition) is 7. The lowest BCUT2D eigenvalue weighted by Crippen LogP contribution is -2.24. The fraction of sp³-hybridized carbons (Fsp3) is 0.200. The number of aliphatic hydroxyl groups is 2. The third-order valence-electron chi connectivity index (χ3n) is 3.35. The molecule has 0 aliphatic carbocycles. The minimum Gasteiger partial charge on any atom is -0.394 e. The largest absolute Gasteiger partial charge is 0.394 e. The maximum Gasteiger partial charge on any atom is 0.263 e. The van der Waals surface area contributed by atoms with Crippen molar-refractivity contribution in [1.82, 2.24) is 0 Å². The summed E-state index contributed by atoms with van der Waals surface area (Å²) < 4.78 is 50.0. The van der Waals surface area contributed by atoms with Gasteiger partial charge in [0.15, 0.2) is 0 Å². The summed E-state index contributed by atoms with van der Waals surface area (Å²) in [5, 5.41) is 26.0. The summed E-state index contributed by atoms with van der Waals surface area (Å²) >= 11 is 0. The summed E-state index contributed by atoms with van der Waals surface area (Å²) in [6, 6.07) is 11.0. The van der Waals surface area contributed by atoms with Gasteiger partial charge in [-0.3, -0.25) is 4.72 Å². The lowest BCUT2D eigenvalue weighted by molar-refractivity contribution is 0.105. The van der Waals surface area contributed by atoms with E-state index < -0.39 is 32.8 Å². The van der Waals surface area contributed by atoms with E-state index >= 15 is 0 Å². The van der Waals surface area contributed by atoms with Gasteiger partial charge in [-0.2, -0.15) is 0 Å². The van der Waals surface area contributed by atoms with Gasteiger partial charge in [-0.1, -0.05) is 12.1 Å². The van der Waals surface area contributed by atoms with Crippen molar-refractivity contribution in [2.75, 3.05) is 23.2 Å². The highest BCUT2D eigenvalue weighted by Gasteiger charge is 2.19. The molecule has 2 aromatic rings. The number of rotatable bonds is 8. The molecule has 0 radical (unpaired) electrons. The van der Waals surface area contributed by atoms with E-state index in [9.17, 15) is 21.9 Å². The van der Waals surface area contributed by atoms with Crippen LogP contribution in [0, 0.1) is 0 Å². The van der Waals surface area contributed by atoms with Gasteiger partial charge in [-0.25, -0.2) is 22.0 Å². The molecular weight excluding hydrogens is 382 g/mol. The molecule has 2 aromatic carbocycles. The molecule has 0 saturated carbocycles. The Kier molecular flexibility index (Phi) is 6.21. The van der Waals surface area contributed by atoms with Crippen molar-refractivity contribution in [3.63, 3.8) is 0 Å². The van der Waals surface area contributed by atoms with E-state index in [0.717, 1.165) is 0 Å². The second-order valence-electron chi connectivity index (χ2n) is 5.39. The van der Waals surface area contributed by atoms with Gasteiger partial charge in [0.25, 0.3) is 10.0 Å². The van der Waals surface area contributed by atoms with Crippen LogP contribution in [-0.4, -0.2) is 46.3 Å². The van der Waals surface area contributed by atoms with E-state index in [4.69, 9.17) is 10.2 Å². The van der Waals surface area contributed by atoms with E-state index in [1.165, 1.54) is 42.5 Å². The summed E-state index contributed by atoms with van der Waals surface area (Å²) in [7, 11) is -7.86. The summed E-state index contributed by atoms with van der Waals surface area (Å²) in [5.74, 6) is 0. The number of hydrogen-bond donors (Lipinski definition) is 5. The first-order valence-corrected chi connectivity index (χ1v) is 10.4. The Balaban J connectivity index is 2.25. The highest BCUT2D eigenvalue weighted by molar-refractivity contribution is 7.93. The van der Waals surface area contributed by atoms with Crippen LogP contribution in [0.5, 0.6) is 0 Å². The van der Waals surface area contributed by atoms with Gasteiger partial charge >= 0.3 is 0 Å². The number of aliphatic hydroxyl groups excluding tert-OH is 2. The zero-order chi connectivity index (χ0) is 19.4. The van der Waals surface area contributed by atoms with E-state index in [1.54, 1.807) is 6.07 Å². The summed E-state index contributed by atoms with van der Waals surface area (Å²) in [6.45, 7) is -0.497. The van der Waals surface area contributed by atoms with Gasteiger partial charge in [0.1, 0.15) is 4.90 Å². The van der Waals surface area contributed by atoms with Crippen molar-refractivity contribution >= 4 is 31.4 Å². The molecule has 0 saturated heterocycles. The van der Waals surface area contributed by atoms with E-state index in [0.29, 0.717) is 0 Å². The van der Waals surface area contributed by atoms with Gasteiger partial charge in [-0.15, -0.1) is 0 Å². The Morgan fingerprint density at radius 2 is 1.62 bits per heavy atom. The first kappa shape index (κ1) is 20.1. The first-order valence-electron chi connectivity index (χ1n) is 7.41. The van der Waals surface area contributed by atoms with Crippen molar-refractivity contribution in [3.05, 3.63) is 48.5 Å². The molecule has 0 fully saturated rings. The predicted octanol–water partition coefficient (Wildman–Crippen LogP) is -0.100. The number of anilines is 2. The summed E-state index contributed by atoms with van der Waals surface area (Å²) in [5.41, 5.74) is 0.399. The third kappa shape index (κ3) is 5.16. The zero-order valence-electron chi connectivity index (χ0n) is 13.5. The van der Waals surface area contributed by atoms with Crippen LogP contribution in [0.4, 0.5) is 11.4 Å². The molecule has 142 valence electrons. The van der Waals surface area contributed by atoms with Crippen molar-refractivity contribution in [1.29, 1.82) is 0 Å². The van der Waals surface area contributed by atoms with Crippen LogP contribution in [0.1, 0.15) is 0 Å². The fourth-order valence-corrected chi connectivity index (χ4v) is 3.82. The Hall–Kier alpha value is -2.18. The first-order chi connectivity index (χ1) is 12.1. The molecule has 11 heteroatoms. The van der Waals surface area contributed by atoms with Gasteiger partial charge in [0.05, 0.1) is 23.3 Å². The van der Waals surface area contributed by atoms with Crippen LogP contribution >= 0.6 is 0 Å². The minimum absolute atomic E-state index is 0.0356. The number of nitrogens with one attached hydrogen (secondary N) is 2. The molecule has 0 aromatic heterocycles. The molecule has 2 rings (SSSR count). The second kappa shape index (κ2) is 8.01. The van der Waals surface area contributed by atoms with E-state index in [2.05, 4.69) is 10.0 Å². The lowest BCUT2D eigenvalue weighted by Gasteiger charge is -2.15. The van der Waals surface area contributed by atoms with Crippen LogP contribution in [0.2, 0.25) is 0 Å². The molecule has 26 heavy (non-hydrogen) atoms. The highest BCUT2D eigenvalue weighted by Crippen LogP contribution is 2.24. The van der Waals surface area contributed by atoms with Gasteiger partial charge in [0.2, 0.25) is 10.0 Å². The monoisotopic (exact) mass is 401 g/mol. The normalized spacial score (nSPS) is 13.2. The molecule has 0 bridgehead atoms. The van der Waals surface area contributed by atoms with Crippen LogP contribution in [0.15, 0.2) is 58.3 Å². The topological polar surface area (TPSA) is 159 Å². The van der Waals surface area contributed by atoms with E-state index in [-0.39, 0.29) is 27.7 Å². The van der Waals surface area contributed by atoms with Crippen LogP contribution < -0.4 is 15.2 Å². The molecule has 9 nitrogen and oxygen atoms in total. The number of primary sulfonamides is 1. The van der Waals surface area contributed by atoms with Crippen LogP contribution in [0.25, 0.3) is 0 Å². The van der Waals surface area contributed by atoms with Crippen molar-refractivity contribution in [2.45, 2.75) is 15.9 Å². The quantitative estimate of drug-likeness (QED) is 0.413. The average Bonchev–Trinajstić information content (AvgIpc) is 2.59. The third-order valence-corrected chi connectivity index (χ3v) is 5.72. The number of nitrogens with two attached hydrogens (primary N) is 1. The predicted molar refractivity (Wildman–Crippen MR) is 96.6 cm³/mol. The van der Waals surface area contributed by atoms with Crippen molar-refractivity contribution in [3.8, 4) is 0 Å². The molecule has 0 heterocycles. The lowest BCUT2D eigenvalue weighted by atomic mass is 10.3. The summed E-state index contributed by atoms with van der Waals surface area (Å²) in [6.07, 6.45) is -1.04. The Bertz CT molecular complexity index is 959. The maximum atomic E-state index is 12.6. The molecule has 0 aliphatic rings. The van der Waals surface area contributed by atoms with Crippen molar-refractivity contribution in [2.24, 2.45) is 5.14 Å². The molecule has 0 spiro atoms. The SMILES string of the molecule is NS(=O)(=O)c1ccc(NS(=O)(=O)c2ccccc2NCC(O)CO)cc1. The number of para-hydroxylation sites is 1. The maximum absolute atomic E-state index is 12.6. The van der Waals surface area contributed by atoms with Crippen molar-refractivity contribution < 1.29 is 27.0 Å². The molecule has 1 atom stereocenters. The number of sulfonamides is 2. The van der Waals surface area contributed by atoms with Gasteiger partial charge in [-0.05, 0) is 36.4 Å². The Labute approximate surface area is 151 Å². The second-order valence-corrected chi connectivity index (χ2v) is 8.60. The minimum atomic E-state index is -3.98. The Morgan fingerprint density at radius 1 is 1.00 bits per heavy atom. The zero-order valence-corrected chi connectivity index (χ0v) is 15.2. The highest BCUT2D eigenvalue weighted by atomic mass is 32.2. The average molecular weight is 401 g/mol. The van der Waals surface area contributed by atoms with Gasteiger partial charge in [0, 0.05) is 12.2 Å². The molecule has 6 N–H and O–H groups in total. The Morgan fingerprint density at radius 3 is 2.19 bits per heavy atom.